The summed E-state index contributed by atoms with van der Waals surface area (Å²) in [7, 11) is 1.68. The maximum absolute atomic E-state index is 12.9. The van der Waals surface area contributed by atoms with Gasteiger partial charge in [0.2, 0.25) is 0 Å². The van der Waals surface area contributed by atoms with Crippen LogP contribution in [0.1, 0.15) is 51.9 Å². The molecule has 2 rings (SSSR count). The van der Waals surface area contributed by atoms with E-state index in [4.69, 9.17) is 0 Å². The van der Waals surface area contributed by atoms with E-state index in [1.54, 1.807) is 7.05 Å². The highest BCUT2D eigenvalue weighted by atomic mass is 127. The molecule has 2 fully saturated rings. The van der Waals surface area contributed by atoms with E-state index >= 15 is 0 Å². The number of aliphatic imine (C=N–C) groups is 1. The van der Waals surface area contributed by atoms with E-state index < -0.39 is 12.1 Å². The fourth-order valence-electron chi connectivity index (χ4n) is 3.93. The van der Waals surface area contributed by atoms with Crippen LogP contribution < -0.4 is 10.6 Å². The summed E-state index contributed by atoms with van der Waals surface area (Å²) in [6.07, 6.45) is 1.36. The minimum Gasteiger partial charge on any atom is -0.355 e. The quantitative estimate of drug-likeness (QED) is 0.369. The topological polar surface area (TPSA) is 39.7 Å². The zero-order valence-corrected chi connectivity index (χ0v) is 17.6. The van der Waals surface area contributed by atoms with Gasteiger partial charge >= 0.3 is 6.18 Å². The highest BCUT2D eigenvalue weighted by molar-refractivity contribution is 14.0. The molecule has 0 bridgehead atoms. The number of rotatable bonds is 4. The molecule has 8 heteroatoms. The monoisotopic (exact) mass is 476 g/mol. The Kier molecular flexibility index (Phi) is 9.84. The standard InChI is InChI=1S/C17H31F3N4.HI/c1-3-24-10-5-4-9-15(24)12-22-16(21-2)23-14-8-6-7-13(11-14)17(18,19)20;/h13-15H,3-12H2,1-2H3,(H2,21,22,23);1H. The van der Waals surface area contributed by atoms with E-state index in [-0.39, 0.29) is 42.9 Å². The Morgan fingerprint density at radius 3 is 2.56 bits per heavy atom. The van der Waals surface area contributed by atoms with E-state index in [1.165, 1.54) is 12.8 Å². The van der Waals surface area contributed by atoms with Gasteiger partial charge in [0.15, 0.2) is 5.96 Å². The van der Waals surface area contributed by atoms with Gasteiger partial charge in [-0.25, -0.2) is 0 Å². The van der Waals surface area contributed by atoms with Gasteiger partial charge in [0.05, 0.1) is 5.92 Å². The Labute approximate surface area is 166 Å². The van der Waals surface area contributed by atoms with Gasteiger partial charge in [-0.1, -0.05) is 19.8 Å². The molecule has 0 radical (unpaired) electrons. The first kappa shape index (κ1) is 22.8. The zero-order chi connectivity index (χ0) is 17.6. The van der Waals surface area contributed by atoms with E-state index in [9.17, 15) is 13.2 Å². The van der Waals surface area contributed by atoms with Gasteiger partial charge in [-0.05, 0) is 45.2 Å². The van der Waals surface area contributed by atoms with Gasteiger partial charge < -0.3 is 10.6 Å². The molecule has 3 atom stereocenters. The number of hydrogen-bond donors (Lipinski definition) is 2. The van der Waals surface area contributed by atoms with Crippen molar-refractivity contribution in [3.05, 3.63) is 0 Å². The lowest BCUT2D eigenvalue weighted by molar-refractivity contribution is -0.183. The smallest absolute Gasteiger partial charge is 0.355 e. The van der Waals surface area contributed by atoms with E-state index in [1.807, 2.05) is 0 Å². The van der Waals surface area contributed by atoms with Crippen molar-refractivity contribution in [1.29, 1.82) is 0 Å². The Hall–Kier alpha value is -0.250. The van der Waals surface area contributed by atoms with Crippen LogP contribution in [0.5, 0.6) is 0 Å². The normalized spacial score (nSPS) is 29.0. The molecule has 148 valence electrons. The molecule has 2 N–H and O–H groups in total. The van der Waals surface area contributed by atoms with E-state index in [0.29, 0.717) is 18.4 Å². The van der Waals surface area contributed by atoms with Crippen molar-refractivity contribution in [2.45, 2.75) is 70.1 Å². The molecule has 2 aliphatic rings. The maximum atomic E-state index is 12.9. The second kappa shape index (κ2) is 10.8. The van der Waals surface area contributed by atoms with E-state index in [2.05, 4.69) is 27.4 Å². The molecular weight excluding hydrogens is 444 g/mol. The lowest BCUT2D eigenvalue weighted by Gasteiger charge is -2.36. The Balaban J connectivity index is 0.00000312. The minimum atomic E-state index is -4.08. The second-order valence-corrected chi connectivity index (χ2v) is 6.98. The molecule has 0 amide bonds. The summed E-state index contributed by atoms with van der Waals surface area (Å²) in [6, 6.07) is 0.335. The summed E-state index contributed by atoms with van der Waals surface area (Å²) in [5.74, 6) is -0.555. The molecule has 0 spiro atoms. The van der Waals surface area contributed by atoms with Crippen LogP contribution in [0.3, 0.4) is 0 Å². The third-order valence-electron chi connectivity index (χ3n) is 5.36. The van der Waals surface area contributed by atoms with Gasteiger partial charge in [-0.15, -0.1) is 24.0 Å². The molecule has 1 heterocycles. The molecule has 0 aromatic heterocycles. The summed E-state index contributed by atoms with van der Waals surface area (Å²) in [5, 5.41) is 6.52. The van der Waals surface area contributed by atoms with Crippen LogP contribution in [-0.2, 0) is 0 Å². The average molecular weight is 476 g/mol. The first-order valence-corrected chi connectivity index (χ1v) is 9.22. The lowest BCUT2D eigenvalue weighted by Crippen LogP contribution is -2.51. The number of nitrogens with zero attached hydrogens (tertiary/aromatic N) is 2. The molecule has 1 saturated heterocycles. The third-order valence-corrected chi connectivity index (χ3v) is 5.36. The summed E-state index contributed by atoms with van der Waals surface area (Å²) in [4.78, 5) is 6.66. The lowest BCUT2D eigenvalue weighted by atomic mass is 9.85. The Morgan fingerprint density at radius 2 is 1.92 bits per heavy atom. The number of nitrogens with one attached hydrogen (secondary N) is 2. The third kappa shape index (κ3) is 7.11. The van der Waals surface area contributed by atoms with Gasteiger partial charge in [-0.2, -0.15) is 13.2 Å². The molecule has 25 heavy (non-hydrogen) atoms. The Bertz CT molecular complexity index is 417. The van der Waals surface area contributed by atoms with Gasteiger partial charge in [0.1, 0.15) is 0 Å². The van der Waals surface area contributed by atoms with Crippen molar-refractivity contribution in [3.63, 3.8) is 0 Å². The minimum absolute atomic E-state index is 0. The fourth-order valence-corrected chi connectivity index (χ4v) is 3.93. The summed E-state index contributed by atoms with van der Waals surface area (Å²) in [6.45, 7) is 5.13. The predicted octanol–water partition coefficient (Wildman–Crippen LogP) is 3.76. The van der Waals surface area contributed by atoms with Crippen molar-refractivity contribution in [2.24, 2.45) is 10.9 Å². The van der Waals surface area contributed by atoms with Crippen LogP contribution in [0.15, 0.2) is 4.99 Å². The molecule has 1 aliphatic heterocycles. The number of hydrogen-bond acceptors (Lipinski definition) is 2. The first-order chi connectivity index (χ1) is 11.4. The van der Waals surface area contributed by atoms with Crippen LogP contribution in [0, 0.1) is 5.92 Å². The first-order valence-electron chi connectivity index (χ1n) is 9.22. The number of likely N-dealkylation sites (N-methyl/N-ethyl adjacent to an activating group) is 1. The fraction of sp³-hybridized carbons (Fsp3) is 0.941. The van der Waals surface area contributed by atoms with Gasteiger partial charge in [-0.3, -0.25) is 9.89 Å². The molecular formula is C17H32F3IN4. The van der Waals surface area contributed by atoms with Crippen LogP contribution in [0.2, 0.25) is 0 Å². The summed E-state index contributed by atoms with van der Waals surface area (Å²) in [5.41, 5.74) is 0. The zero-order valence-electron chi connectivity index (χ0n) is 15.2. The molecule has 3 unspecified atom stereocenters. The van der Waals surface area contributed by atoms with Crippen molar-refractivity contribution in [1.82, 2.24) is 15.5 Å². The van der Waals surface area contributed by atoms with Gasteiger partial charge in [0.25, 0.3) is 0 Å². The largest absolute Gasteiger partial charge is 0.391 e. The summed E-state index contributed by atoms with van der Waals surface area (Å²) < 4.78 is 38.8. The second-order valence-electron chi connectivity index (χ2n) is 6.98. The number of guanidine groups is 1. The molecule has 0 aromatic carbocycles. The average Bonchev–Trinajstić information content (AvgIpc) is 2.58. The molecule has 1 aliphatic carbocycles. The number of likely N-dealkylation sites (tertiary alicyclic amines) is 1. The van der Waals surface area contributed by atoms with Crippen molar-refractivity contribution < 1.29 is 13.2 Å². The number of piperidine rings is 1. The van der Waals surface area contributed by atoms with E-state index in [0.717, 1.165) is 32.5 Å². The van der Waals surface area contributed by atoms with Crippen molar-refractivity contribution in [2.75, 3.05) is 26.7 Å². The number of halogens is 4. The van der Waals surface area contributed by atoms with Crippen LogP contribution in [-0.4, -0.2) is 55.8 Å². The molecule has 4 nitrogen and oxygen atoms in total. The van der Waals surface area contributed by atoms with Crippen molar-refractivity contribution >= 4 is 29.9 Å². The molecule has 0 aromatic rings. The Morgan fingerprint density at radius 1 is 1.16 bits per heavy atom. The summed E-state index contributed by atoms with van der Waals surface area (Å²) >= 11 is 0. The van der Waals surface area contributed by atoms with Crippen LogP contribution in [0.4, 0.5) is 13.2 Å². The SMILES string of the molecule is CCN1CCCCC1CNC(=NC)NC1CCCC(C(F)(F)F)C1.I. The van der Waals surface area contributed by atoms with Crippen LogP contribution >= 0.6 is 24.0 Å². The molecule has 1 saturated carbocycles. The number of alkyl halides is 3. The van der Waals surface area contributed by atoms with Gasteiger partial charge in [0, 0.05) is 25.7 Å². The maximum Gasteiger partial charge on any atom is 0.391 e. The predicted molar refractivity (Wildman–Crippen MR) is 107 cm³/mol. The highest BCUT2D eigenvalue weighted by Gasteiger charge is 2.42. The van der Waals surface area contributed by atoms with Crippen molar-refractivity contribution in [3.8, 4) is 0 Å². The van der Waals surface area contributed by atoms with Crippen LogP contribution in [0.25, 0.3) is 0 Å². The highest BCUT2D eigenvalue weighted by Crippen LogP contribution is 2.37.